The van der Waals surface area contributed by atoms with E-state index >= 15 is 0 Å². The van der Waals surface area contributed by atoms with E-state index in [1.54, 1.807) is 12.1 Å². The van der Waals surface area contributed by atoms with Crippen LogP contribution in [0.1, 0.15) is 42.1 Å². The van der Waals surface area contributed by atoms with Gasteiger partial charge in [0.05, 0.1) is 12.2 Å². The van der Waals surface area contributed by atoms with Crippen LogP contribution in [-0.2, 0) is 11.3 Å². The molecule has 0 unspecified atom stereocenters. The molecule has 2 aliphatic rings. The number of nitrogens with two attached hydrogens (primary N) is 1. The van der Waals surface area contributed by atoms with Gasteiger partial charge in [0.1, 0.15) is 0 Å². The van der Waals surface area contributed by atoms with Crippen molar-refractivity contribution in [1.29, 1.82) is 0 Å². The van der Waals surface area contributed by atoms with Crippen LogP contribution >= 0.6 is 0 Å². The molecule has 0 radical (unpaired) electrons. The smallest absolute Gasteiger partial charge is 0.248 e. The number of rotatable bonds is 4. The molecule has 2 aliphatic heterocycles. The third-order valence-electron chi connectivity index (χ3n) is 5.35. The number of amides is 1. The van der Waals surface area contributed by atoms with Crippen molar-refractivity contribution in [3.63, 3.8) is 0 Å². The fraction of sp³-hybridized carbons (Fsp3) is 0.611. The molecule has 0 bridgehead atoms. The van der Waals surface area contributed by atoms with E-state index in [4.69, 9.17) is 10.5 Å². The first-order valence-corrected chi connectivity index (χ1v) is 8.40. The van der Waals surface area contributed by atoms with E-state index < -0.39 is 11.5 Å². The molecule has 0 aliphatic carbocycles. The van der Waals surface area contributed by atoms with Gasteiger partial charge in [-0.1, -0.05) is 12.1 Å². The first-order chi connectivity index (χ1) is 11.0. The molecule has 2 saturated heterocycles. The Kier molecular flexibility index (Phi) is 4.71. The number of benzene rings is 1. The quantitative estimate of drug-likeness (QED) is 0.883. The molecule has 23 heavy (non-hydrogen) atoms. The van der Waals surface area contributed by atoms with Crippen LogP contribution in [0.3, 0.4) is 0 Å². The molecule has 2 heterocycles. The van der Waals surface area contributed by atoms with Crippen molar-refractivity contribution in [3.8, 4) is 0 Å². The van der Waals surface area contributed by atoms with E-state index in [0.29, 0.717) is 31.2 Å². The van der Waals surface area contributed by atoms with Crippen molar-refractivity contribution < 1.29 is 14.6 Å². The molecule has 1 aromatic rings. The highest BCUT2D eigenvalue weighted by Crippen LogP contribution is 2.36. The van der Waals surface area contributed by atoms with Gasteiger partial charge in [-0.15, -0.1) is 0 Å². The summed E-state index contributed by atoms with van der Waals surface area (Å²) in [6.45, 7) is 5.09. The number of hydrogen-bond donors (Lipinski definition) is 2. The van der Waals surface area contributed by atoms with Crippen LogP contribution in [0.15, 0.2) is 24.3 Å². The second kappa shape index (κ2) is 6.59. The van der Waals surface area contributed by atoms with Gasteiger partial charge in [0.15, 0.2) is 0 Å². The van der Waals surface area contributed by atoms with E-state index in [-0.39, 0.29) is 5.92 Å². The maximum Gasteiger partial charge on any atom is 0.248 e. The number of carbonyl (C=O) groups is 1. The lowest BCUT2D eigenvalue weighted by Gasteiger charge is -2.43. The van der Waals surface area contributed by atoms with Crippen molar-refractivity contribution in [1.82, 2.24) is 4.90 Å². The Morgan fingerprint density at radius 3 is 2.83 bits per heavy atom. The van der Waals surface area contributed by atoms with E-state index in [0.717, 1.165) is 25.9 Å². The number of carbonyl (C=O) groups excluding carboxylic acids is 1. The first-order valence-electron chi connectivity index (χ1n) is 8.40. The van der Waals surface area contributed by atoms with Crippen molar-refractivity contribution in [2.24, 2.45) is 11.7 Å². The fourth-order valence-corrected chi connectivity index (χ4v) is 3.89. The van der Waals surface area contributed by atoms with Crippen LogP contribution in [0, 0.1) is 5.92 Å². The topological polar surface area (TPSA) is 75.8 Å². The summed E-state index contributed by atoms with van der Waals surface area (Å²) in [6.07, 6.45) is 2.95. The van der Waals surface area contributed by atoms with Crippen LogP contribution in [0.25, 0.3) is 0 Å². The van der Waals surface area contributed by atoms with E-state index in [1.807, 2.05) is 19.1 Å². The Morgan fingerprint density at radius 1 is 1.43 bits per heavy atom. The van der Waals surface area contributed by atoms with Crippen LogP contribution in [-0.4, -0.2) is 47.3 Å². The Morgan fingerprint density at radius 2 is 2.17 bits per heavy atom. The van der Waals surface area contributed by atoms with Gasteiger partial charge in [-0.2, -0.15) is 0 Å². The summed E-state index contributed by atoms with van der Waals surface area (Å²) in [5, 5.41) is 10.7. The van der Waals surface area contributed by atoms with Crippen molar-refractivity contribution in [3.05, 3.63) is 35.4 Å². The summed E-state index contributed by atoms with van der Waals surface area (Å²) in [6, 6.07) is 7.84. The molecule has 5 heteroatoms. The average Bonchev–Trinajstić information content (AvgIpc) is 2.95. The number of nitrogens with zero attached hydrogens (tertiary/aromatic N) is 1. The number of aliphatic hydroxyl groups is 1. The predicted molar refractivity (Wildman–Crippen MR) is 87.9 cm³/mol. The van der Waals surface area contributed by atoms with Gasteiger partial charge in [-0.25, -0.2) is 0 Å². The van der Waals surface area contributed by atoms with Gasteiger partial charge < -0.3 is 15.6 Å². The lowest BCUT2D eigenvalue weighted by molar-refractivity contribution is -0.123. The fourth-order valence-electron chi connectivity index (χ4n) is 3.89. The van der Waals surface area contributed by atoms with Gasteiger partial charge in [0.25, 0.3) is 0 Å². The molecule has 0 aromatic heterocycles. The molecule has 5 nitrogen and oxygen atoms in total. The second-order valence-electron chi connectivity index (χ2n) is 7.03. The van der Waals surface area contributed by atoms with Crippen LogP contribution < -0.4 is 5.73 Å². The highest BCUT2D eigenvalue weighted by atomic mass is 16.5. The minimum Gasteiger partial charge on any atom is -0.390 e. The molecule has 1 amide bonds. The summed E-state index contributed by atoms with van der Waals surface area (Å²) >= 11 is 0. The third-order valence-corrected chi connectivity index (χ3v) is 5.35. The zero-order valence-electron chi connectivity index (χ0n) is 13.7. The zero-order valence-corrected chi connectivity index (χ0v) is 13.7. The second-order valence-corrected chi connectivity index (χ2v) is 7.03. The van der Waals surface area contributed by atoms with Gasteiger partial charge in [-0.05, 0) is 50.4 Å². The van der Waals surface area contributed by atoms with Gasteiger partial charge in [0, 0.05) is 30.7 Å². The normalized spacial score (nSPS) is 32.1. The summed E-state index contributed by atoms with van der Waals surface area (Å²) in [5.74, 6) is -0.241. The van der Waals surface area contributed by atoms with Crippen molar-refractivity contribution >= 4 is 5.91 Å². The lowest BCUT2D eigenvalue weighted by Crippen LogP contribution is -2.52. The molecule has 126 valence electrons. The zero-order chi connectivity index (χ0) is 16.4. The summed E-state index contributed by atoms with van der Waals surface area (Å²) in [5.41, 5.74) is 6.34. The molecular weight excluding hydrogens is 292 g/mol. The van der Waals surface area contributed by atoms with Gasteiger partial charge in [0.2, 0.25) is 5.91 Å². The molecular formula is C18H26N2O3. The lowest BCUT2D eigenvalue weighted by atomic mass is 9.79. The maximum atomic E-state index is 11.2. The van der Waals surface area contributed by atoms with Crippen LogP contribution in [0.5, 0.6) is 0 Å². The van der Waals surface area contributed by atoms with E-state index in [1.165, 1.54) is 5.56 Å². The number of ether oxygens (including phenoxy) is 1. The molecule has 0 saturated carbocycles. The number of hydrogen-bond acceptors (Lipinski definition) is 4. The number of likely N-dealkylation sites (tertiary alicyclic amines) is 1. The highest BCUT2D eigenvalue weighted by molar-refractivity contribution is 5.92. The van der Waals surface area contributed by atoms with Crippen LogP contribution in [0.4, 0.5) is 0 Å². The molecule has 0 spiro atoms. The Labute approximate surface area is 137 Å². The first kappa shape index (κ1) is 16.4. The van der Waals surface area contributed by atoms with E-state index in [2.05, 4.69) is 4.90 Å². The minimum atomic E-state index is -0.651. The monoisotopic (exact) mass is 318 g/mol. The summed E-state index contributed by atoms with van der Waals surface area (Å²) in [7, 11) is 0. The minimum absolute atomic E-state index is 0.156. The van der Waals surface area contributed by atoms with Gasteiger partial charge >= 0.3 is 0 Å². The Balaban J connectivity index is 1.70. The Bertz CT molecular complexity index is 556. The van der Waals surface area contributed by atoms with E-state index in [9.17, 15) is 9.90 Å². The predicted octanol–water partition coefficient (Wildman–Crippen LogP) is 1.54. The SMILES string of the molecule is C[C@]1(O)CCOC[C@@H]1[C@H]1CCCN1Cc1ccc(C(N)=O)cc1. The molecule has 2 fully saturated rings. The molecule has 1 aromatic carbocycles. The summed E-state index contributed by atoms with van der Waals surface area (Å²) < 4.78 is 5.63. The van der Waals surface area contributed by atoms with Crippen molar-refractivity contribution in [2.45, 2.75) is 44.4 Å². The number of primary amides is 1. The Hall–Kier alpha value is -1.43. The molecule has 3 atom stereocenters. The summed E-state index contributed by atoms with van der Waals surface area (Å²) in [4.78, 5) is 13.6. The third kappa shape index (κ3) is 3.57. The van der Waals surface area contributed by atoms with Crippen LogP contribution in [0.2, 0.25) is 0 Å². The maximum absolute atomic E-state index is 11.2. The van der Waals surface area contributed by atoms with Gasteiger partial charge in [-0.3, -0.25) is 9.69 Å². The molecule has 3 rings (SSSR count). The van der Waals surface area contributed by atoms with Crippen molar-refractivity contribution in [2.75, 3.05) is 19.8 Å². The molecule has 3 N–H and O–H groups in total. The average molecular weight is 318 g/mol. The highest BCUT2D eigenvalue weighted by Gasteiger charge is 2.43. The largest absolute Gasteiger partial charge is 0.390 e. The standard InChI is InChI=1S/C18H26N2O3/c1-18(22)8-10-23-12-15(18)16-3-2-9-20(16)11-13-4-6-14(7-5-13)17(19)21/h4-7,15-16,22H,2-3,8-12H2,1H3,(H2,19,21)/t15-,16-,18+/m1/s1.